The van der Waals surface area contributed by atoms with E-state index in [1.165, 1.54) is 0 Å². The maximum atomic E-state index is 6.09. The third-order valence-corrected chi connectivity index (χ3v) is 2.41. The van der Waals surface area contributed by atoms with Crippen LogP contribution < -0.4 is 0 Å². The molecule has 13 heavy (non-hydrogen) atoms. The van der Waals surface area contributed by atoms with Crippen molar-refractivity contribution in [1.82, 2.24) is 9.55 Å². The summed E-state index contributed by atoms with van der Waals surface area (Å²) in [7, 11) is 0. The summed E-state index contributed by atoms with van der Waals surface area (Å²) < 4.78 is 2.08. The van der Waals surface area contributed by atoms with E-state index in [1.54, 1.807) is 0 Å². The minimum atomic E-state index is 0.393. The summed E-state index contributed by atoms with van der Waals surface area (Å²) in [5, 5.41) is 0.767. The van der Waals surface area contributed by atoms with Gasteiger partial charge < -0.3 is 4.57 Å². The van der Waals surface area contributed by atoms with E-state index in [0.717, 1.165) is 16.1 Å². The van der Waals surface area contributed by atoms with Gasteiger partial charge in [-0.15, -0.1) is 0 Å². The van der Waals surface area contributed by atoms with Crippen LogP contribution in [0.1, 0.15) is 19.9 Å². The van der Waals surface area contributed by atoms with E-state index < -0.39 is 0 Å². The summed E-state index contributed by atoms with van der Waals surface area (Å²) in [6.45, 7) is 4.23. The van der Waals surface area contributed by atoms with Crippen molar-refractivity contribution in [1.29, 1.82) is 0 Å². The standard InChI is InChI=1S/C10H11ClN2/c1-7(2)13-6-12-9-5-3-4-8(11)10(9)13/h3-7H,1-2H3. The molecule has 0 spiro atoms. The number of aromatic nitrogens is 2. The Kier molecular flexibility index (Phi) is 2.00. The Morgan fingerprint density at radius 3 is 2.85 bits per heavy atom. The molecule has 0 saturated heterocycles. The van der Waals surface area contributed by atoms with Gasteiger partial charge in [0.15, 0.2) is 0 Å². The number of hydrogen-bond donors (Lipinski definition) is 0. The van der Waals surface area contributed by atoms with Gasteiger partial charge in [-0.1, -0.05) is 17.7 Å². The van der Waals surface area contributed by atoms with E-state index in [9.17, 15) is 0 Å². The number of hydrogen-bond acceptors (Lipinski definition) is 1. The second-order valence-electron chi connectivity index (χ2n) is 3.35. The van der Waals surface area contributed by atoms with E-state index in [1.807, 2.05) is 24.5 Å². The van der Waals surface area contributed by atoms with Crippen LogP contribution in [0, 0.1) is 0 Å². The Morgan fingerprint density at radius 1 is 1.38 bits per heavy atom. The van der Waals surface area contributed by atoms with Gasteiger partial charge >= 0.3 is 0 Å². The monoisotopic (exact) mass is 194 g/mol. The molecule has 0 aliphatic heterocycles. The molecule has 0 bridgehead atoms. The summed E-state index contributed by atoms with van der Waals surface area (Å²) in [6.07, 6.45) is 1.83. The molecule has 0 aliphatic carbocycles. The van der Waals surface area contributed by atoms with Crippen LogP contribution in [-0.4, -0.2) is 9.55 Å². The van der Waals surface area contributed by atoms with Crippen molar-refractivity contribution in [3.8, 4) is 0 Å². The molecule has 0 aliphatic rings. The van der Waals surface area contributed by atoms with Gasteiger partial charge in [0.25, 0.3) is 0 Å². The zero-order valence-electron chi connectivity index (χ0n) is 7.66. The van der Waals surface area contributed by atoms with Gasteiger partial charge in [0, 0.05) is 6.04 Å². The van der Waals surface area contributed by atoms with Crippen LogP contribution in [0.2, 0.25) is 5.02 Å². The van der Waals surface area contributed by atoms with E-state index in [4.69, 9.17) is 11.6 Å². The van der Waals surface area contributed by atoms with Gasteiger partial charge in [-0.25, -0.2) is 4.98 Å². The summed E-state index contributed by atoms with van der Waals surface area (Å²) in [5.41, 5.74) is 1.99. The Labute approximate surface area is 82.1 Å². The Morgan fingerprint density at radius 2 is 2.15 bits per heavy atom. The molecule has 2 rings (SSSR count). The maximum absolute atomic E-state index is 6.09. The summed E-state index contributed by atoms with van der Waals surface area (Å²) in [4.78, 5) is 4.28. The smallest absolute Gasteiger partial charge is 0.0961 e. The molecule has 1 aromatic heterocycles. The summed E-state index contributed by atoms with van der Waals surface area (Å²) in [5.74, 6) is 0. The van der Waals surface area contributed by atoms with E-state index in [-0.39, 0.29) is 0 Å². The van der Waals surface area contributed by atoms with Gasteiger partial charge in [-0.05, 0) is 26.0 Å². The predicted octanol–water partition coefficient (Wildman–Crippen LogP) is 3.27. The van der Waals surface area contributed by atoms with Crippen molar-refractivity contribution in [2.45, 2.75) is 19.9 Å². The molecular formula is C10H11ClN2. The second kappa shape index (κ2) is 3.04. The zero-order chi connectivity index (χ0) is 9.42. The molecular weight excluding hydrogens is 184 g/mol. The largest absolute Gasteiger partial charge is 0.327 e. The highest BCUT2D eigenvalue weighted by Crippen LogP contribution is 2.24. The highest BCUT2D eigenvalue weighted by atomic mass is 35.5. The molecule has 2 aromatic rings. The van der Waals surface area contributed by atoms with Crippen molar-refractivity contribution in [3.63, 3.8) is 0 Å². The first-order valence-corrected chi connectivity index (χ1v) is 4.69. The number of para-hydroxylation sites is 1. The average molecular weight is 195 g/mol. The quantitative estimate of drug-likeness (QED) is 0.682. The van der Waals surface area contributed by atoms with Crippen LogP contribution in [0.3, 0.4) is 0 Å². The number of benzene rings is 1. The van der Waals surface area contributed by atoms with Gasteiger partial charge in [0.05, 0.1) is 22.4 Å². The van der Waals surface area contributed by atoms with Crippen molar-refractivity contribution < 1.29 is 0 Å². The molecule has 0 saturated carbocycles. The molecule has 0 unspecified atom stereocenters. The fourth-order valence-electron chi connectivity index (χ4n) is 1.44. The van der Waals surface area contributed by atoms with Gasteiger partial charge in [-0.2, -0.15) is 0 Å². The molecule has 1 aromatic carbocycles. The number of rotatable bonds is 1. The lowest BCUT2D eigenvalue weighted by Gasteiger charge is -2.08. The molecule has 68 valence electrons. The topological polar surface area (TPSA) is 17.8 Å². The van der Waals surface area contributed by atoms with E-state index in [0.29, 0.717) is 6.04 Å². The SMILES string of the molecule is CC(C)n1cnc2cccc(Cl)c21. The van der Waals surface area contributed by atoms with Crippen LogP contribution in [0.25, 0.3) is 11.0 Å². The second-order valence-corrected chi connectivity index (χ2v) is 3.76. The molecule has 0 N–H and O–H groups in total. The first-order chi connectivity index (χ1) is 6.20. The van der Waals surface area contributed by atoms with Crippen LogP contribution in [0.15, 0.2) is 24.5 Å². The van der Waals surface area contributed by atoms with Gasteiger partial charge in [-0.3, -0.25) is 0 Å². The fourth-order valence-corrected chi connectivity index (χ4v) is 1.70. The Balaban J connectivity index is 2.79. The van der Waals surface area contributed by atoms with Crippen LogP contribution in [0.4, 0.5) is 0 Å². The van der Waals surface area contributed by atoms with Gasteiger partial charge in [0.2, 0.25) is 0 Å². The number of fused-ring (bicyclic) bond motifs is 1. The first kappa shape index (κ1) is 8.57. The van der Waals surface area contributed by atoms with Crippen LogP contribution >= 0.6 is 11.6 Å². The zero-order valence-corrected chi connectivity index (χ0v) is 8.42. The lowest BCUT2D eigenvalue weighted by atomic mass is 10.3. The minimum Gasteiger partial charge on any atom is -0.327 e. The number of nitrogens with zero attached hydrogens (tertiary/aromatic N) is 2. The number of halogens is 1. The average Bonchev–Trinajstić information content (AvgIpc) is 2.49. The maximum Gasteiger partial charge on any atom is 0.0961 e. The molecule has 0 radical (unpaired) electrons. The van der Waals surface area contributed by atoms with Gasteiger partial charge in [0.1, 0.15) is 0 Å². The van der Waals surface area contributed by atoms with E-state index in [2.05, 4.69) is 23.4 Å². The normalized spacial score (nSPS) is 11.4. The summed E-state index contributed by atoms with van der Waals surface area (Å²) >= 11 is 6.09. The first-order valence-electron chi connectivity index (χ1n) is 4.31. The van der Waals surface area contributed by atoms with Crippen LogP contribution in [0.5, 0.6) is 0 Å². The number of imidazole rings is 1. The Hall–Kier alpha value is -1.02. The van der Waals surface area contributed by atoms with E-state index >= 15 is 0 Å². The minimum absolute atomic E-state index is 0.393. The molecule has 1 heterocycles. The lowest BCUT2D eigenvalue weighted by molar-refractivity contribution is 0.617. The highest BCUT2D eigenvalue weighted by molar-refractivity contribution is 6.34. The fraction of sp³-hybridized carbons (Fsp3) is 0.300. The molecule has 0 fully saturated rings. The van der Waals surface area contributed by atoms with Crippen LogP contribution in [-0.2, 0) is 0 Å². The third kappa shape index (κ3) is 1.31. The molecule has 2 nitrogen and oxygen atoms in total. The molecule has 0 atom stereocenters. The lowest BCUT2D eigenvalue weighted by Crippen LogP contribution is -1.98. The van der Waals surface area contributed by atoms with Crippen molar-refractivity contribution >= 4 is 22.6 Å². The third-order valence-electron chi connectivity index (χ3n) is 2.10. The predicted molar refractivity (Wildman–Crippen MR) is 55.1 cm³/mol. The van der Waals surface area contributed by atoms with Crippen molar-refractivity contribution in [3.05, 3.63) is 29.5 Å². The van der Waals surface area contributed by atoms with Crippen molar-refractivity contribution in [2.24, 2.45) is 0 Å². The highest BCUT2D eigenvalue weighted by Gasteiger charge is 2.07. The molecule has 3 heteroatoms. The van der Waals surface area contributed by atoms with Crippen molar-refractivity contribution in [2.75, 3.05) is 0 Å². The molecule has 0 amide bonds. The summed E-state index contributed by atoms with van der Waals surface area (Å²) in [6, 6.07) is 6.18. The Bertz CT molecular complexity index is 431.